The van der Waals surface area contributed by atoms with Crippen LogP contribution < -0.4 is 5.32 Å². The molecule has 1 aliphatic rings. The zero-order valence-corrected chi connectivity index (χ0v) is 11.4. The van der Waals surface area contributed by atoms with Crippen molar-refractivity contribution in [3.63, 3.8) is 0 Å². The highest BCUT2D eigenvalue weighted by atomic mass is 32.1. The fourth-order valence-electron chi connectivity index (χ4n) is 3.45. The van der Waals surface area contributed by atoms with Crippen molar-refractivity contribution >= 4 is 11.3 Å². The number of nitrogens with one attached hydrogen (secondary N) is 1. The highest BCUT2D eigenvalue weighted by Crippen LogP contribution is 2.58. The molecule has 1 aromatic rings. The minimum absolute atomic E-state index is 0.515. The van der Waals surface area contributed by atoms with E-state index in [1.807, 2.05) is 11.3 Å². The molecule has 0 aliphatic heterocycles. The molecule has 16 heavy (non-hydrogen) atoms. The Hall–Kier alpha value is -0.340. The molecule has 2 unspecified atom stereocenters. The molecule has 0 radical (unpaired) electrons. The van der Waals surface area contributed by atoms with Crippen LogP contribution in [0.2, 0.25) is 0 Å². The van der Waals surface area contributed by atoms with Crippen LogP contribution in [0.5, 0.6) is 0 Å². The smallest absolute Gasteiger partial charge is 0.0136 e. The third kappa shape index (κ3) is 1.72. The van der Waals surface area contributed by atoms with Crippen LogP contribution in [0.4, 0.5) is 0 Å². The Balaban J connectivity index is 2.17. The van der Waals surface area contributed by atoms with Crippen LogP contribution in [0.3, 0.4) is 0 Å². The molecule has 90 valence electrons. The predicted octanol–water partition coefficient (Wildman–Crippen LogP) is 4.02. The Morgan fingerprint density at radius 1 is 1.38 bits per heavy atom. The number of hydrogen-bond donors (Lipinski definition) is 1. The SMILES string of the molecule is CCNC1CC(c2cccs2)C1(CC)CC. The number of thiophene rings is 1. The topological polar surface area (TPSA) is 12.0 Å². The van der Waals surface area contributed by atoms with Crippen molar-refractivity contribution in [1.29, 1.82) is 0 Å². The zero-order valence-electron chi connectivity index (χ0n) is 10.6. The molecule has 0 bridgehead atoms. The third-order valence-electron chi connectivity index (χ3n) is 4.51. The van der Waals surface area contributed by atoms with Gasteiger partial charge in [0.05, 0.1) is 0 Å². The predicted molar refractivity (Wildman–Crippen MR) is 72.2 cm³/mol. The second-order valence-electron chi connectivity index (χ2n) is 4.85. The summed E-state index contributed by atoms with van der Waals surface area (Å²) >= 11 is 1.93. The largest absolute Gasteiger partial charge is 0.314 e. The molecule has 2 atom stereocenters. The summed E-state index contributed by atoms with van der Waals surface area (Å²) in [5, 5.41) is 5.89. The van der Waals surface area contributed by atoms with Gasteiger partial charge < -0.3 is 5.32 Å². The maximum atomic E-state index is 3.67. The van der Waals surface area contributed by atoms with Gasteiger partial charge in [-0.1, -0.05) is 26.8 Å². The molecule has 0 saturated heterocycles. The van der Waals surface area contributed by atoms with Crippen LogP contribution in [-0.4, -0.2) is 12.6 Å². The second kappa shape index (κ2) is 4.89. The van der Waals surface area contributed by atoms with Gasteiger partial charge in [-0.2, -0.15) is 0 Å². The van der Waals surface area contributed by atoms with Gasteiger partial charge in [-0.15, -0.1) is 11.3 Å². The summed E-state index contributed by atoms with van der Waals surface area (Å²) in [6, 6.07) is 5.24. The van der Waals surface area contributed by atoms with Crippen LogP contribution >= 0.6 is 11.3 Å². The molecule has 2 heteroatoms. The van der Waals surface area contributed by atoms with Gasteiger partial charge in [0.2, 0.25) is 0 Å². The van der Waals surface area contributed by atoms with Crippen molar-refractivity contribution < 1.29 is 0 Å². The third-order valence-corrected chi connectivity index (χ3v) is 5.50. The van der Waals surface area contributed by atoms with Gasteiger partial charge in [0, 0.05) is 16.8 Å². The van der Waals surface area contributed by atoms with Crippen molar-refractivity contribution in [2.24, 2.45) is 5.41 Å². The molecule has 1 saturated carbocycles. The molecule has 1 aliphatic carbocycles. The molecule has 1 N–H and O–H groups in total. The van der Waals surface area contributed by atoms with Crippen molar-refractivity contribution in [1.82, 2.24) is 5.32 Å². The summed E-state index contributed by atoms with van der Waals surface area (Å²) in [5.74, 6) is 0.798. The first-order valence-corrected chi connectivity index (χ1v) is 7.43. The normalized spacial score (nSPS) is 27.7. The highest BCUT2D eigenvalue weighted by molar-refractivity contribution is 7.10. The van der Waals surface area contributed by atoms with Crippen molar-refractivity contribution in [2.75, 3.05) is 6.54 Å². The van der Waals surface area contributed by atoms with E-state index >= 15 is 0 Å². The van der Waals surface area contributed by atoms with E-state index in [9.17, 15) is 0 Å². The lowest BCUT2D eigenvalue weighted by atomic mass is 9.53. The fourth-order valence-corrected chi connectivity index (χ4v) is 4.41. The molecule has 1 nitrogen and oxygen atoms in total. The average molecular weight is 237 g/mol. The summed E-state index contributed by atoms with van der Waals surface area (Å²) < 4.78 is 0. The van der Waals surface area contributed by atoms with E-state index in [-0.39, 0.29) is 0 Å². The minimum Gasteiger partial charge on any atom is -0.314 e. The Bertz CT molecular complexity index is 313. The molecule has 1 fully saturated rings. The van der Waals surface area contributed by atoms with Crippen LogP contribution in [0.25, 0.3) is 0 Å². The van der Waals surface area contributed by atoms with Crippen LogP contribution in [-0.2, 0) is 0 Å². The van der Waals surface area contributed by atoms with E-state index in [0.29, 0.717) is 5.41 Å². The lowest BCUT2D eigenvalue weighted by Gasteiger charge is -2.56. The van der Waals surface area contributed by atoms with Gasteiger partial charge >= 0.3 is 0 Å². The van der Waals surface area contributed by atoms with Gasteiger partial charge in [-0.3, -0.25) is 0 Å². The summed E-state index contributed by atoms with van der Waals surface area (Å²) in [6.45, 7) is 8.03. The maximum absolute atomic E-state index is 3.67. The number of rotatable bonds is 5. The van der Waals surface area contributed by atoms with E-state index < -0.39 is 0 Å². The lowest BCUT2D eigenvalue weighted by molar-refractivity contribution is 0.0229. The zero-order chi connectivity index (χ0) is 11.6. The minimum atomic E-state index is 0.515. The Labute approximate surface area is 103 Å². The molecule has 0 aromatic carbocycles. The Morgan fingerprint density at radius 2 is 2.12 bits per heavy atom. The summed E-state index contributed by atoms with van der Waals surface area (Å²) in [7, 11) is 0. The quantitative estimate of drug-likeness (QED) is 0.815. The first-order chi connectivity index (χ1) is 7.78. The van der Waals surface area contributed by atoms with Crippen LogP contribution in [0.15, 0.2) is 17.5 Å². The van der Waals surface area contributed by atoms with E-state index in [2.05, 4.69) is 43.6 Å². The highest BCUT2D eigenvalue weighted by Gasteiger charge is 2.52. The van der Waals surface area contributed by atoms with E-state index in [0.717, 1.165) is 18.5 Å². The number of hydrogen-bond acceptors (Lipinski definition) is 2. The first kappa shape index (κ1) is 12.1. The Kier molecular flexibility index (Phi) is 3.70. The standard InChI is InChI=1S/C14H23NS/c1-4-14(5-2)11(10-13(14)15-6-3)12-8-7-9-16-12/h7-9,11,13,15H,4-6,10H2,1-3H3. The Morgan fingerprint density at radius 3 is 2.62 bits per heavy atom. The van der Waals surface area contributed by atoms with Gasteiger partial charge in [0.1, 0.15) is 0 Å². The summed E-state index contributed by atoms with van der Waals surface area (Å²) in [6.07, 6.45) is 3.92. The molecule has 0 spiro atoms. The maximum Gasteiger partial charge on any atom is 0.0136 e. The monoisotopic (exact) mass is 237 g/mol. The molecule has 2 rings (SSSR count). The van der Waals surface area contributed by atoms with Gasteiger partial charge in [-0.25, -0.2) is 0 Å². The van der Waals surface area contributed by atoms with Crippen LogP contribution in [0.1, 0.15) is 50.8 Å². The van der Waals surface area contributed by atoms with Crippen molar-refractivity contribution in [2.45, 2.75) is 52.0 Å². The van der Waals surface area contributed by atoms with Gasteiger partial charge in [0.15, 0.2) is 0 Å². The second-order valence-corrected chi connectivity index (χ2v) is 5.83. The summed E-state index contributed by atoms with van der Waals surface area (Å²) in [5.41, 5.74) is 0.515. The molecular weight excluding hydrogens is 214 g/mol. The molecule has 0 amide bonds. The molecule has 1 aromatic heterocycles. The van der Waals surface area contributed by atoms with Gasteiger partial charge in [0.25, 0.3) is 0 Å². The van der Waals surface area contributed by atoms with E-state index in [1.165, 1.54) is 19.3 Å². The fraction of sp³-hybridized carbons (Fsp3) is 0.714. The average Bonchev–Trinajstić information content (AvgIpc) is 2.79. The first-order valence-electron chi connectivity index (χ1n) is 6.55. The van der Waals surface area contributed by atoms with Gasteiger partial charge in [-0.05, 0) is 42.7 Å². The van der Waals surface area contributed by atoms with Crippen molar-refractivity contribution in [3.05, 3.63) is 22.4 Å². The van der Waals surface area contributed by atoms with Crippen LogP contribution in [0, 0.1) is 5.41 Å². The van der Waals surface area contributed by atoms with Crippen molar-refractivity contribution in [3.8, 4) is 0 Å². The lowest BCUT2D eigenvalue weighted by Crippen LogP contribution is -2.57. The van der Waals surface area contributed by atoms with E-state index in [4.69, 9.17) is 0 Å². The van der Waals surface area contributed by atoms with E-state index in [1.54, 1.807) is 4.88 Å². The molecule has 1 heterocycles. The summed E-state index contributed by atoms with van der Waals surface area (Å²) in [4.78, 5) is 1.60. The molecular formula is C14H23NS.